The van der Waals surface area contributed by atoms with Crippen LogP contribution in [0.3, 0.4) is 0 Å². The number of rotatable bonds is 6. The summed E-state index contributed by atoms with van der Waals surface area (Å²) in [6.07, 6.45) is 1.53. The van der Waals surface area contributed by atoms with E-state index in [0.29, 0.717) is 15.2 Å². The van der Waals surface area contributed by atoms with Crippen LogP contribution in [0.2, 0.25) is 5.02 Å². The van der Waals surface area contributed by atoms with Crippen LogP contribution < -0.4 is 14.9 Å². The molecule has 1 N–H and O–H groups in total. The van der Waals surface area contributed by atoms with Gasteiger partial charge in [-0.1, -0.05) is 11.6 Å². The number of ether oxygens (including phenoxy) is 2. The highest BCUT2D eigenvalue weighted by Crippen LogP contribution is 2.28. The summed E-state index contributed by atoms with van der Waals surface area (Å²) in [4.78, 5) is 11.7. The summed E-state index contributed by atoms with van der Waals surface area (Å²) in [5, 5.41) is 4.47. The van der Waals surface area contributed by atoms with E-state index in [1.807, 2.05) is 12.1 Å². The lowest BCUT2D eigenvalue weighted by Gasteiger charge is -2.07. The van der Waals surface area contributed by atoms with Crippen molar-refractivity contribution in [1.82, 2.24) is 5.43 Å². The van der Waals surface area contributed by atoms with Crippen LogP contribution in [0.4, 0.5) is 0 Å². The molecule has 2 aromatic carbocycles. The Hall–Kier alpha value is -1.57. The van der Waals surface area contributed by atoms with Crippen LogP contribution in [-0.4, -0.2) is 25.8 Å². The van der Waals surface area contributed by atoms with Crippen LogP contribution in [0.1, 0.15) is 5.56 Å². The average molecular weight is 477 g/mol. The van der Waals surface area contributed by atoms with E-state index in [0.717, 1.165) is 15.8 Å². The largest absolute Gasteiger partial charge is 0.496 e. The van der Waals surface area contributed by atoms with Crippen LogP contribution in [0.15, 0.2) is 50.4 Å². The molecule has 0 atom stereocenters. The zero-order chi connectivity index (χ0) is 17.5. The van der Waals surface area contributed by atoms with Gasteiger partial charge in [0, 0.05) is 5.02 Å². The molecule has 0 saturated heterocycles. The smallest absolute Gasteiger partial charge is 0.277 e. The molecule has 24 heavy (non-hydrogen) atoms. The Labute approximate surface area is 161 Å². The number of amides is 1. The molecule has 1 amide bonds. The van der Waals surface area contributed by atoms with Crippen LogP contribution >= 0.6 is 43.5 Å². The summed E-state index contributed by atoms with van der Waals surface area (Å²) in [6, 6.07) is 10.5. The third-order valence-corrected chi connectivity index (χ3v) is 4.31. The zero-order valence-corrected chi connectivity index (χ0v) is 16.5. The number of halogens is 3. The van der Waals surface area contributed by atoms with E-state index in [9.17, 15) is 4.79 Å². The van der Waals surface area contributed by atoms with Gasteiger partial charge in [-0.15, -0.1) is 0 Å². The van der Waals surface area contributed by atoms with Crippen molar-refractivity contribution in [3.63, 3.8) is 0 Å². The Kier molecular flexibility index (Phi) is 7.08. The fourth-order valence-corrected chi connectivity index (χ4v) is 3.07. The maximum absolute atomic E-state index is 11.7. The van der Waals surface area contributed by atoms with E-state index in [4.69, 9.17) is 21.1 Å². The molecule has 0 aliphatic rings. The number of carbonyl (C=O) groups is 1. The van der Waals surface area contributed by atoms with Gasteiger partial charge in [0.2, 0.25) is 0 Å². The molecule has 2 aromatic rings. The van der Waals surface area contributed by atoms with Gasteiger partial charge in [-0.2, -0.15) is 5.10 Å². The molecule has 2 rings (SSSR count). The summed E-state index contributed by atoms with van der Waals surface area (Å²) < 4.78 is 12.0. The third kappa shape index (κ3) is 5.51. The number of benzene rings is 2. The van der Waals surface area contributed by atoms with Gasteiger partial charge < -0.3 is 9.47 Å². The maximum Gasteiger partial charge on any atom is 0.277 e. The van der Waals surface area contributed by atoms with Gasteiger partial charge in [0.15, 0.2) is 6.61 Å². The van der Waals surface area contributed by atoms with E-state index in [1.54, 1.807) is 31.4 Å². The van der Waals surface area contributed by atoms with Gasteiger partial charge in [0.05, 0.1) is 22.3 Å². The van der Waals surface area contributed by atoms with Gasteiger partial charge in [-0.3, -0.25) is 4.79 Å². The van der Waals surface area contributed by atoms with Crippen molar-refractivity contribution in [2.24, 2.45) is 5.10 Å². The monoisotopic (exact) mass is 474 g/mol. The number of hydrogen-bond acceptors (Lipinski definition) is 4. The quantitative estimate of drug-likeness (QED) is 0.497. The zero-order valence-electron chi connectivity index (χ0n) is 12.6. The second-order valence-corrected chi connectivity index (χ2v) is 6.70. The molecule has 0 fully saturated rings. The first kappa shape index (κ1) is 18.8. The Bertz CT molecular complexity index is 769. The van der Waals surface area contributed by atoms with Gasteiger partial charge in [-0.25, -0.2) is 5.43 Å². The minimum atomic E-state index is -0.374. The SMILES string of the molecule is COc1ccc(/C=N/NC(=O)COc2ccc(Cl)cc2Br)cc1Br. The molecule has 0 aliphatic heterocycles. The first-order valence-electron chi connectivity index (χ1n) is 6.73. The van der Waals surface area contributed by atoms with Crippen molar-refractivity contribution in [3.05, 3.63) is 55.9 Å². The van der Waals surface area contributed by atoms with Crippen molar-refractivity contribution in [1.29, 1.82) is 0 Å². The fourth-order valence-electron chi connectivity index (χ4n) is 1.71. The number of carbonyl (C=O) groups excluding carboxylic acids is 1. The molecule has 126 valence electrons. The molecule has 0 spiro atoms. The van der Waals surface area contributed by atoms with Crippen LogP contribution in [0, 0.1) is 0 Å². The fraction of sp³-hybridized carbons (Fsp3) is 0.125. The summed E-state index contributed by atoms with van der Waals surface area (Å²) in [6.45, 7) is -0.163. The summed E-state index contributed by atoms with van der Waals surface area (Å²) >= 11 is 12.5. The maximum atomic E-state index is 11.7. The Morgan fingerprint density at radius 3 is 2.58 bits per heavy atom. The van der Waals surface area contributed by atoms with E-state index < -0.39 is 0 Å². The first-order chi connectivity index (χ1) is 11.5. The Balaban J connectivity index is 1.85. The highest BCUT2D eigenvalue weighted by atomic mass is 79.9. The summed E-state index contributed by atoms with van der Waals surface area (Å²) in [5.41, 5.74) is 3.21. The van der Waals surface area contributed by atoms with Crippen molar-refractivity contribution < 1.29 is 14.3 Å². The highest BCUT2D eigenvalue weighted by Gasteiger charge is 2.05. The van der Waals surface area contributed by atoms with Gasteiger partial charge in [0.25, 0.3) is 5.91 Å². The van der Waals surface area contributed by atoms with E-state index in [-0.39, 0.29) is 12.5 Å². The molecule has 0 heterocycles. The second kappa shape index (κ2) is 9.05. The van der Waals surface area contributed by atoms with Crippen molar-refractivity contribution in [3.8, 4) is 11.5 Å². The van der Waals surface area contributed by atoms with Crippen molar-refractivity contribution in [2.75, 3.05) is 13.7 Å². The molecule has 0 saturated carbocycles. The minimum Gasteiger partial charge on any atom is -0.496 e. The van der Waals surface area contributed by atoms with E-state index >= 15 is 0 Å². The number of methoxy groups -OCH3 is 1. The van der Waals surface area contributed by atoms with Crippen molar-refractivity contribution >= 4 is 55.6 Å². The first-order valence-corrected chi connectivity index (χ1v) is 8.69. The minimum absolute atomic E-state index is 0.163. The third-order valence-electron chi connectivity index (χ3n) is 2.83. The number of nitrogens with one attached hydrogen (secondary N) is 1. The van der Waals surface area contributed by atoms with Gasteiger partial charge in [-0.05, 0) is 73.8 Å². The van der Waals surface area contributed by atoms with Crippen LogP contribution in [-0.2, 0) is 4.79 Å². The van der Waals surface area contributed by atoms with Gasteiger partial charge >= 0.3 is 0 Å². The molecular formula is C16H13Br2ClN2O3. The van der Waals surface area contributed by atoms with Crippen molar-refractivity contribution in [2.45, 2.75) is 0 Å². The number of nitrogens with zero attached hydrogens (tertiary/aromatic N) is 1. The molecule has 5 nitrogen and oxygen atoms in total. The standard InChI is InChI=1S/C16H13Br2ClN2O3/c1-23-14-4-2-10(6-12(14)17)8-20-21-16(22)9-24-15-5-3-11(19)7-13(15)18/h2-8H,9H2,1H3,(H,21,22)/b20-8+. The lowest BCUT2D eigenvalue weighted by Crippen LogP contribution is -2.24. The lowest BCUT2D eigenvalue weighted by molar-refractivity contribution is -0.123. The second-order valence-electron chi connectivity index (χ2n) is 4.55. The molecule has 0 aliphatic carbocycles. The molecule has 0 aromatic heterocycles. The molecule has 8 heteroatoms. The summed E-state index contributed by atoms with van der Waals surface area (Å²) in [7, 11) is 1.59. The molecular weight excluding hydrogens is 463 g/mol. The molecule has 0 unspecified atom stereocenters. The lowest BCUT2D eigenvalue weighted by atomic mass is 10.2. The summed E-state index contributed by atoms with van der Waals surface area (Å²) in [5.74, 6) is 0.872. The Morgan fingerprint density at radius 1 is 1.21 bits per heavy atom. The predicted octanol–water partition coefficient (Wildman–Crippen LogP) is 4.40. The predicted molar refractivity (Wildman–Crippen MR) is 101 cm³/mol. The molecule has 0 radical (unpaired) electrons. The molecule has 0 bridgehead atoms. The van der Waals surface area contributed by atoms with E-state index in [1.165, 1.54) is 6.21 Å². The highest BCUT2D eigenvalue weighted by molar-refractivity contribution is 9.10. The normalized spacial score (nSPS) is 10.7. The average Bonchev–Trinajstić information content (AvgIpc) is 2.54. The van der Waals surface area contributed by atoms with Crippen LogP contribution in [0.5, 0.6) is 11.5 Å². The van der Waals surface area contributed by atoms with E-state index in [2.05, 4.69) is 42.4 Å². The Morgan fingerprint density at radius 2 is 1.92 bits per heavy atom. The number of hydrazone groups is 1. The van der Waals surface area contributed by atoms with Gasteiger partial charge in [0.1, 0.15) is 11.5 Å². The number of hydrogen-bond donors (Lipinski definition) is 1. The van der Waals surface area contributed by atoms with Crippen LogP contribution in [0.25, 0.3) is 0 Å². The topological polar surface area (TPSA) is 59.9 Å².